The van der Waals surface area contributed by atoms with E-state index in [1.165, 1.54) is 43.3 Å². The number of halogens is 3. The van der Waals surface area contributed by atoms with Crippen LogP contribution >= 0.6 is 0 Å². The number of hydrogen-bond donors (Lipinski definition) is 6. The molecule has 2 aromatic rings. The number of alkyl halides is 3. The van der Waals surface area contributed by atoms with Crippen molar-refractivity contribution in [2.75, 3.05) is 20.7 Å². The van der Waals surface area contributed by atoms with E-state index < -0.39 is 82.4 Å². The van der Waals surface area contributed by atoms with Crippen LogP contribution in [0.4, 0.5) is 13.2 Å². The number of carbonyl (C=O) groups excluding carboxylic acids is 4. The molecular formula is C32H32F3N3O9. The maximum absolute atomic E-state index is 14.0. The van der Waals surface area contributed by atoms with Crippen LogP contribution in [-0.4, -0.2) is 87.2 Å². The Kier molecular flexibility index (Phi) is 8.35. The van der Waals surface area contributed by atoms with Gasteiger partial charge in [-0.1, -0.05) is 12.1 Å². The third kappa shape index (κ3) is 5.28. The number of primary amides is 1. The number of ketones is 2. The van der Waals surface area contributed by atoms with E-state index in [2.05, 4.69) is 0 Å². The number of aliphatic hydroxyl groups excluding tert-OH is 2. The van der Waals surface area contributed by atoms with Gasteiger partial charge in [0.2, 0.25) is 5.78 Å². The Balaban J connectivity index is 1.64. The lowest BCUT2D eigenvalue weighted by Gasteiger charge is -2.50. The predicted octanol–water partition coefficient (Wildman–Crippen LogP) is 2.21. The van der Waals surface area contributed by atoms with Gasteiger partial charge in [-0.2, -0.15) is 13.2 Å². The molecule has 0 heterocycles. The van der Waals surface area contributed by atoms with Gasteiger partial charge in [0.05, 0.1) is 18.2 Å². The maximum Gasteiger partial charge on any atom is 0.471 e. The number of amides is 2. The summed E-state index contributed by atoms with van der Waals surface area (Å²) in [7, 11) is 2.98. The number of ether oxygens (including phenoxy) is 1. The Morgan fingerprint density at radius 3 is 2.40 bits per heavy atom. The second-order valence-corrected chi connectivity index (χ2v) is 11.9. The van der Waals surface area contributed by atoms with Crippen LogP contribution in [0.15, 0.2) is 47.2 Å². The molecule has 3 aliphatic rings. The minimum absolute atomic E-state index is 0.00831. The van der Waals surface area contributed by atoms with Gasteiger partial charge in [-0.05, 0) is 74.7 Å². The number of benzene rings is 2. The standard InChI is InChI=1S/C32H32F3N3O9/c1-4-47-20-8-5-13(9-15(20)12-37-30(45)32(33,34)35)16-6-7-19(39)22-17(16)10-14-11-18-24(38(2)3)26(41)23(29(36)44)28(43)31(18,46)27(42)21(14)25(22)40/h5-9,14,18,24,39-40,43,46H,4,10-12H2,1-3H3,(H2,36,44)(H,37,45)/t14-,18-,24?,31-/m0/s1. The van der Waals surface area contributed by atoms with Crippen molar-refractivity contribution in [3.63, 3.8) is 0 Å². The van der Waals surface area contributed by atoms with Crippen LogP contribution in [0.2, 0.25) is 0 Å². The first-order valence-corrected chi connectivity index (χ1v) is 14.6. The molecule has 15 heteroatoms. The predicted molar refractivity (Wildman–Crippen MR) is 159 cm³/mol. The summed E-state index contributed by atoms with van der Waals surface area (Å²) in [4.78, 5) is 52.4. The fourth-order valence-corrected chi connectivity index (χ4v) is 6.97. The fourth-order valence-electron chi connectivity index (χ4n) is 6.97. The van der Waals surface area contributed by atoms with E-state index in [0.29, 0.717) is 16.7 Å². The van der Waals surface area contributed by atoms with Crippen LogP contribution in [0.1, 0.15) is 30.0 Å². The number of Topliss-reactive ketones (excluding diaryl/α,β-unsaturated/α-hetero) is 2. The first kappa shape index (κ1) is 33.5. The smallest absolute Gasteiger partial charge is 0.471 e. The lowest BCUT2D eigenvalue weighted by Crippen LogP contribution is -2.65. The number of nitrogens with two attached hydrogens (primary N) is 1. The first-order chi connectivity index (χ1) is 21.9. The van der Waals surface area contributed by atoms with Crippen LogP contribution in [-0.2, 0) is 32.1 Å². The zero-order valence-electron chi connectivity index (χ0n) is 25.4. The summed E-state index contributed by atoms with van der Waals surface area (Å²) >= 11 is 0. The van der Waals surface area contributed by atoms with E-state index in [4.69, 9.17) is 10.5 Å². The molecule has 2 amide bonds. The Hall–Kier alpha value is -4.89. The van der Waals surface area contributed by atoms with E-state index in [1.807, 2.05) is 5.32 Å². The molecule has 1 saturated carbocycles. The summed E-state index contributed by atoms with van der Waals surface area (Å²) in [5.74, 6) is -9.74. The van der Waals surface area contributed by atoms with Gasteiger partial charge >= 0.3 is 12.1 Å². The molecule has 1 fully saturated rings. The molecule has 47 heavy (non-hydrogen) atoms. The maximum atomic E-state index is 14.0. The van der Waals surface area contributed by atoms with Crippen molar-refractivity contribution < 1.29 is 57.5 Å². The Morgan fingerprint density at radius 2 is 1.81 bits per heavy atom. The molecule has 250 valence electrons. The van der Waals surface area contributed by atoms with Crippen LogP contribution in [0, 0.1) is 11.8 Å². The Morgan fingerprint density at radius 1 is 1.13 bits per heavy atom. The summed E-state index contributed by atoms with van der Waals surface area (Å²) < 4.78 is 44.2. The minimum Gasteiger partial charge on any atom is -0.508 e. The number of fused-ring (bicyclic) bond motifs is 3. The average Bonchev–Trinajstić information content (AvgIpc) is 2.97. The van der Waals surface area contributed by atoms with Gasteiger partial charge in [-0.3, -0.25) is 24.1 Å². The van der Waals surface area contributed by atoms with Gasteiger partial charge in [0.25, 0.3) is 5.91 Å². The third-order valence-corrected chi connectivity index (χ3v) is 8.97. The van der Waals surface area contributed by atoms with Crippen molar-refractivity contribution in [2.24, 2.45) is 17.6 Å². The number of aliphatic hydroxyl groups is 3. The van der Waals surface area contributed by atoms with Crippen molar-refractivity contribution in [1.29, 1.82) is 0 Å². The SMILES string of the molecule is CCOc1ccc(-c2ccc(O)c3c2C[C@H]2C[C@H]4C(N(C)C)C(=O)C(C(N)=O)=C(O)[C@@]4(O)C(=O)C2=C3O)cc1CNC(=O)C(F)(F)F. The summed E-state index contributed by atoms with van der Waals surface area (Å²) in [5, 5.41) is 46.9. The lowest BCUT2D eigenvalue weighted by atomic mass is 9.57. The highest BCUT2D eigenvalue weighted by Gasteiger charge is 2.64. The number of nitrogens with zero attached hydrogens (tertiary/aromatic N) is 1. The monoisotopic (exact) mass is 659 g/mol. The van der Waals surface area contributed by atoms with Crippen LogP contribution in [0.25, 0.3) is 16.9 Å². The van der Waals surface area contributed by atoms with Gasteiger partial charge in [0.15, 0.2) is 11.4 Å². The summed E-state index contributed by atoms with van der Waals surface area (Å²) in [6.45, 7) is 1.33. The normalized spacial score (nSPS) is 24.1. The van der Waals surface area contributed by atoms with Gasteiger partial charge < -0.3 is 36.2 Å². The number of phenolic OH excluding ortho intramolecular Hbond substituents is 1. The van der Waals surface area contributed by atoms with Crippen molar-refractivity contribution >= 4 is 29.1 Å². The molecule has 0 aromatic heterocycles. The first-order valence-electron chi connectivity index (χ1n) is 14.6. The molecule has 5 rings (SSSR count). The van der Waals surface area contributed by atoms with Crippen molar-refractivity contribution in [3.8, 4) is 22.6 Å². The number of hydrogen-bond acceptors (Lipinski definition) is 10. The van der Waals surface area contributed by atoms with E-state index in [-0.39, 0.29) is 41.9 Å². The van der Waals surface area contributed by atoms with E-state index in [9.17, 15) is 52.8 Å². The number of likely N-dealkylation sites (N-methyl/N-ethyl adjacent to an activating group) is 1. The zero-order chi connectivity index (χ0) is 34.7. The average molecular weight is 660 g/mol. The molecule has 0 radical (unpaired) electrons. The molecule has 0 saturated heterocycles. The number of nitrogens with one attached hydrogen (secondary N) is 1. The fraction of sp³-hybridized carbons (Fsp3) is 0.375. The van der Waals surface area contributed by atoms with Crippen LogP contribution in [0.5, 0.6) is 11.5 Å². The molecule has 0 aliphatic heterocycles. The lowest BCUT2D eigenvalue weighted by molar-refractivity contribution is -0.173. The van der Waals surface area contributed by atoms with Crippen molar-refractivity contribution in [3.05, 3.63) is 63.9 Å². The highest BCUT2D eigenvalue weighted by Crippen LogP contribution is 2.53. The second kappa shape index (κ2) is 11.7. The summed E-state index contributed by atoms with van der Waals surface area (Å²) in [6, 6.07) is 6.09. The van der Waals surface area contributed by atoms with Crippen LogP contribution < -0.4 is 15.8 Å². The Labute approximate surface area is 265 Å². The van der Waals surface area contributed by atoms with E-state index in [1.54, 1.807) is 13.0 Å². The van der Waals surface area contributed by atoms with E-state index >= 15 is 0 Å². The van der Waals surface area contributed by atoms with Crippen LogP contribution in [0.3, 0.4) is 0 Å². The van der Waals surface area contributed by atoms with Crippen molar-refractivity contribution in [2.45, 2.75) is 44.1 Å². The molecular weight excluding hydrogens is 627 g/mol. The number of carbonyl (C=O) groups is 4. The number of aromatic hydroxyl groups is 1. The molecule has 2 aromatic carbocycles. The Bertz CT molecular complexity index is 1780. The summed E-state index contributed by atoms with van der Waals surface area (Å²) in [6.07, 6.45) is -5.24. The topological polar surface area (TPSA) is 200 Å². The highest BCUT2D eigenvalue weighted by molar-refractivity contribution is 6.24. The number of rotatable bonds is 7. The largest absolute Gasteiger partial charge is 0.508 e. The molecule has 7 N–H and O–H groups in total. The van der Waals surface area contributed by atoms with Gasteiger partial charge in [0.1, 0.15) is 28.6 Å². The molecule has 0 bridgehead atoms. The molecule has 3 aliphatic carbocycles. The molecule has 12 nitrogen and oxygen atoms in total. The second-order valence-electron chi connectivity index (χ2n) is 11.9. The van der Waals surface area contributed by atoms with Gasteiger partial charge in [0, 0.05) is 23.6 Å². The third-order valence-electron chi connectivity index (χ3n) is 8.97. The minimum atomic E-state index is -5.10. The molecule has 4 atom stereocenters. The van der Waals surface area contributed by atoms with Gasteiger partial charge in [-0.15, -0.1) is 0 Å². The quantitative estimate of drug-likeness (QED) is 0.240. The van der Waals surface area contributed by atoms with Gasteiger partial charge in [-0.25, -0.2) is 0 Å². The van der Waals surface area contributed by atoms with E-state index in [0.717, 1.165) is 0 Å². The number of phenols is 1. The zero-order valence-corrected chi connectivity index (χ0v) is 25.4. The molecule has 0 spiro atoms. The summed E-state index contributed by atoms with van der Waals surface area (Å²) in [5.41, 5.74) is 2.56. The van der Waals surface area contributed by atoms with Crippen molar-refractivity contribution in [1.82, 2.24) is 10.2 Å². The molecule has 1 unspecified atom stereocenters. The highest BCUT2D eigenvalue weighted by atomic mass is 19.4.